The molecule has 0 N–H and O–H groups in total. The van der Waals surface area contributed by atoms with Gasteiger partial charge in [0.25, 0.3) is 0 Å². The van der Waals surface area contributed by atoms with Crippen LogP contribution in [0.4, 0.5) is 0 Å². The molecule has 1 saturated heterocycles. The van der Waals surface area contributed by atoms with Crippen molar-refractivity contribution in [3.8, 4) is 0 Å². The molecule has 0 saturated carbocycles. The van der Waals surface area contributed by atoms with E-state index in [-0.39, 0.29) is 1.43 Å². The Morgan fingerprint density at radius 1 is 1.40 bits per heavy atom. The van der Waals surface area contributed by atoms with Crippen molar-refractivity contribution < 1.29 is 6.16 Å². The SMILES string of the molecule is C[SiH](C)C1(C)CCCCO1.[H+]. The number of ether oxygens (including phenoxy) is 1. The van der Waals surface area contributed by atoms with Gasteiger partial charge < -0.3 is 4.74 Å². The van der Waals surface area contributed by atoms with Crippen LogP contribution in [0.15, 0.2) is 0 Å². The van der Waals surface area contributed by atoms with Gasteiger partial charge in [0.05, 0.1) is 14.0 Å². The van der Waals surface area contributed by atoms with Gasteiger partial charge in [0.2, 0.25) is 0 Å². The van der Waals surface area contributed by atoms with Gasteiger partial charge in [-0.2, -0.15) is 0 Å². The maximum Gasteiger partial charge on any atom is 1.00 e. The zero-order chi connectivity index (χ0) is 7.61. The third-order valence-electron chi connectivity index (χ3n) is 2.72. The Morgan fingerprint density at radius 2 is 2.10 bits per heavy atom. The second-order valence-electron chi connectivity index (χ2n) is 3.77. The quantitative estimate of drug-likeness (QED) is 0.532. The lowest BCUT2D eigenvalue weighted by atomic mass is 10.1. The molecule has 1 atom stereocenters. The standard InChI is InChI=1S/C8H18OSi/c1-8(10(2)3)6-4-5-7-9-8/h10H,4-7H2,1-3H3/p+1. The van der Waals surface area contributed by atoms with Crippen LogP contribution < -0.4 is 0 Å². The highest BCUT2D eigenvalue weighted by atomic mass is 28.3. The second kappa shape index (κ2) is 3.05. The van der Waals surface area contributed by atoms with E-state index in [1.807, 2.05) is 0 Å². The number of hydrogen-bond acceptors (Lipinski definition) is 1. The van der Waals surface area contributed by atoms with Crippen molar-refractivity contribution in [3.05, 3.63) is 0 Å². The Balaban J connectivity index is 0.000001000. The lowest BCUT2D eigenvalue weighted by Crippen LogP contribution is -2.44. The highest BCUT2D eigenvalue weighted by molar-refractivity contribution is 6.59. The van der Waals surface area contributed by atoms with E-state index in [1.54, 1.807) is 0 Å². The van der Waals surface area contributed by atoms with Crippen molar-refractivity contribution in [2.45, 2.75) is 44.5 Å². The first kappa shape index (κ1) is 8.28. The predicted molar refractivity (Wildman–Crippen MR) is 48.2 cm³/mol. The summed E-state index contributed by atoms with van der Waals surface area (Å²) >= 11 is 0. The molecule has 1 heterocycles. The molecule has 0 aromatic heterocycles. The van der Waals surface area contributed by atoms with Gasteiger partial charge in [-0.05, 0) is 26.2 Å². The molecule has 0 aromatic carbocycles. The Kier molecular flexibility index (Phi) is 2.53. The van der Waals surface area contributed by atoms with E-state index in [9.17, 15) is 0 Å². The predicted octanol–water partition coefficient (Wildman–Crippen LogP) is 2.08. The molecule has 2 heteroatoms. The highest BCUT2D eigenvalue weighted by Gasteiger charge is 2.31. The minimum absolute atomic E-state index is 0. The first-order valence-electron chi connectivity index (χ1n) is 4.29. The third kappa shape index (κ3) is 1.61. The van der Waals surface area contributed by atoms with Crippen molar-refractivity contribution >= 4 is 8.80 Å². The molecule has 1 rings (SSSR count). The van der Waals surface area contributed by atoms with E-state index >= 15 is 0 Å². The van der Waals surface area contributed by atoms with E-state index in [0.717, 1.165) is 6.61 Å². The first-order valence-corrected chi connectivity index (χ1v) is 7.18. The fraction of sp³-hybridized carbons (Fsp3) is 1.00. The fourth-order valence-electron chi connectivity index (χ4n) is 1.41. The van der Waals surface area contributed by atoms with Gasteiger partial charge in [-0.15, -0.1) is 0 Å². The van der Waals surface area contributed by atoms with Crippen LogP contribution >= 0.6 is 0 Å². The average molecular weight is 159 g/mol. The van der Waals surface area contributed by atoms with Crippen molar-refractivity contribution in [1.29, 1.82) is 0 Å². The minimum atomic E-state index is -0.589. The van der Waals surface area contributed by atoms with Gasteiger partial charge >= 0.3 is 1.43 Å². The third-order valence-corrected chi connectivity index (χ3v) is 5.62. The average Bonchev–Trinajstić information content (AvgIpc) is 1.89. The smallest absolute Gasteiger partial charge is 0.379 e. The topological polar surface area (TPSA) is 9.23 Å². The zero-order valence-electron chi connectivity index (χ0n) is 8.31. The molecule has 0 aliphatic carbocycles. The van der Waals surface area contributed by atoms with Crippen LogP contribution in [0, 0.1) is 0 Å². The largest absolute Gasteiger partial charge is 1.00 e. The van der Waals surface area contributed by atoms with Crippen molar-refractivity contribution in [1.82, 2.24) is 0 Å². The maximum absolute atomic E-state index is 5.79. The minimum Gasteiger partial charge on any atom is -0.379 e. The van der Waals surface area contributed by atoms with Gasteiger partial charge in [0, 0.05) is 6.61 Å². The summed E-state index contributed by atoms with van der Waals surface area (Å²) in [4.78, 5) is 0. The summed E-state index contributed by atoms with van der Waals surface area (Å²) < 4.78 is 5.79. The molecule has 1 aliphatic rings. The van der Waals surface area contributed by atoms with E-state index in [2.05, 4.69) is 20.0 Å². The van der Waals surface area contributed by atoms with Crippen LogP contribution in [0.5, 0.6) is 0 Å². The highest BCUT2D eigenvalue weighted by Crippen LogP contribution is 2.26. The molecule has 1 aliphatic heterocycles. The molecule has 0 bridgehead atoms. The molecule has 10 heavy (non-hydrogen) atoms. The fourth-order valence-corrected chi connectivity index (χ4v) is 2.64. The molecule has 1 nitrogen and oxygen atoms in total. The van der Waals surface area contributed by atoms with Crippen LogP contribution in [-0.2, 0) is 4.74 Å². The molecule has 0 aromatic rings. The van der Waals surface area contributed by atoms with Crippen molar-refractivity contribution in [3.63, 3.8) is 0 Å². The van der Waals surface area contributed by atoms with E-state index < -0.39 is 8.80 Å². The van der Waals surface area contributed by atoms with Gasteiger partial charge in [0.15, 0.2) is 0 Å². The Hall–Kier alpha value is 0.177. The van der Waals surface area contributed by atoms with Crippen LogP contribution in [0.1, 0.15) is 27.6 Å². The summed E-state index contributed by atoms with van der Waals surface area (Å²) in [5.41, 5.74) is 0. The molecule has 1 fully saturated rings. The van der Waals surface area contributed by atoms with Gasteiger partial charge in [-0.1, -0.05) is 13.1 Å². The Bertz CT molecular complexity index is 111. The van der Waals surface area contributed by atoms with Gasteiger partial charge in [-0.3, -0.25) is 0 Å². The molecule has 0 spiro atoms. The number of hydrogen-bond donors (Lipinski definition) is 0. The van der Waals surface area contributed by atoms with E-state index in [4.69, 9.17) is 4.74 Å². The van der Waals surface area contributed by atoms with Crippen LogP contribution in [0.3, 0.4) is 0 Å². The van der Waals surface area contributed by atoms with E-state index in [0.29, 0.717) is 5.22 Å². The van der Waals surface area contributed by atoms with Crippen LogP contribution in [0.2, 0.25) is 13.1 Å². The molecule has 0 amide bonds. The summed E-state index contributed by atoms with van der Waals surface area (Å²) in [6.45, 7) is 8.06. The molecule has 60 valence electrons. The van der Waals surface area contributed by atoms with Crippen molar-refractivity contribution in [2.24, 2.45) is 0 Å². The number of rotatable bonds is 1. The second-order valence-corrected chi connectivity index (χ2v) is 7.30. The first-order chi connectivity index (χ1) is 4.65. The van der Waals surface area contributed by atoms with Crippen LogP contribution in [-0.4, -0.2) is 20.6 Å². The van der Waals surface area contributed by atoms with Crippen LogP contribution in [0.25, 0.3) is 0 Å². The Labute approximate surface area is 66.9 Å². The van der Waals surface area contributed by atoms with Crippen molar-refractivity contribution in [2.75, 3.05) is 6.61 Å². The van der Waals surface area contributed by atoms with Gasteiger partial charge in [0.1, 0.15) is 0 Å². The normalized spacial score (nSPS) is 34.8. The zero-order valence-corrected chi connectivity index (χ0v) is 8.47. The van der Waals surface area contributed by atoms with E-state index in [1.165, 1.54) is 19.3 Å². The molecule has 0 radical (unpaired) electrons. The lowest BCUT2D eigenvalue weighted by Gasteiger charge is -2.36. The molecular formula is C8H19OSi+. The molecular weight excluding hydrogens is 140 g/mol. The maximum atomic E-state index is 5.79. The summed E-state index contributed by atoms with van der Waals surface area (Å²) in [5.74, 6) is 0. The lowest BCUT2D eigenvalue weighted by molar-refractivity contribution is -0.00953. The van der Waals surface area contributed by atoms with Gasteiger partial charge in [-0.25, -0.2) is 0 Å². The Morgan fingerprint density at radius 3 is 2.40 bits per heavy atom. The summed E-state index contributed by atoms with van der Waals surface area (Å²) in [5, 5.41) is 0.318. The summed E-state index contributed by atoms with van der Waals surface area (Å²) in [7, 11) is -0.589. The molecule has 1 unspecified atom stereocenters. The monoisotopic (exact) mass is 159 g/mol. The summed E-state index contributed by atoms with van der Waals surface area (Å²) in [6, 6.07) is 0. The summed E-state index contributed by atoms with van der Waals surface area (Å²) in [6.07, 6.45) is 3.95.